The van der Waals surface area contributed by atoms with Crippen molar-refractivity contribution in [2.45, 2.75) is 4.90 Å². The summed E-state index contributed by atoms with van der Waals surface area (Å²) in [5, 5.41) is 10.7. The number of carbonyl (C=O) groups is 1. The quantitative estimate of drug-likeness (QED) is 0.585. The van der Waals surface area contributed by atoms with Gasteiger partial charge < -0.3 is 9.80 Å². The van der Waals surface area contributed by atoms with E-state index < -0.39 is 14.8 Å². The largest absolute Gasteiger partial charge is 0.368 e. The summed E-state index contributed by atoms with van der Waals surface area (Å²) in [7, 11) is -3.29. The molecular weight excluding hydrogens is 370 g/mol. The van der Waals surface area contributed by atoms with Crippen LogP contribution in [0.4, 0.5) is 11.4 Å². The minimum Gasteiger partial charge on any atom is -0.368 e. The van der Waals surface area contributed by atoms with Crippen molar-refractivity contribution in [2.75, 3.05) is 37.3 Å². The van der Waals surface area contributed by atoms with Crippen molar-refractivity contribution in [1.82, 2.24) is 4.90 Å². The lowest BCUT2D eigenvalue weighted by Gasteiger charge is -2.36. The maximum absolute atomic E-state index is 12.6. The molecule has 1 amide bonds. The third-order valence-corrected chi connectivity index (χ3v) is 5.65. The van der Waals surface area contributed by atoms with Crippen LogP contribution in [0.15, 0.2) is 53.4 Å². The molecule has 8 nitrogen and oxygen atoms in total. The number of nitrogens with zero attached hydrogens (tertiary/aromatic N) is 3. The van der Waals surface area contributed by atoms with Crippen molar-refractivity contribution in [1.29, 1.82) is 0 Å². The molecule has 2 aromatic carbocycles. The highest BCUT2D eigenvalue weighted by molar-refractivity contribution is 7.90. The van der Waals surface area contributed by atoms with Crippen molar-refractivity contribution in [3.63, 3.8) is 0 Å². The van der Waals surface area contributed by atoms with Gasteiger partial charge in [0.1, 0.15) is 0 Å². The van der Waals surface area contributed by atoms with E-state index in [0.29, 0.717) is 31.7 Å². The van der Waals surface area contributed by atoms with Crippen LogP contribution in [0.2, 0.25) is 0 Å². The van der Waals surface area contributed by atoms with Gasteiger partial charge in [0.15, 0.2) is 9.84 Å². The molecule has 0 N–H and O–H groups in total. The van der Waals surface area contributed by atoms with Crippen molar-refractivity contribution < 1.29 is 18.1 Å². The molecule has 0 aromatic heterocycles. The SMILES string of the molecule is CS(=O)(=O)c1ccc(C(=O)N2CCN(c3ccc([N+](=O)[O-])cc3)CC2)cc1. The predicted octanol–water partition coefficient (Wildman–Crippen LogP) is 1.96. The van der Waals surface area contributed by atoms with Crippen molar-refractivity contribution >= 4 is 27.1 Å². The monoisotopic (exact) mass is 389 g/mol. The summed E-state index contributed by atoms with van der Waals surface area (Å²) in [6, 6.07) is 12.3. The molecule has 142 valence electrons. The maximum atomic E-state index is 12.6. The van der Waals surface area contributed by atoms with Gasteiger partial charge in [-0.3, -0.25) is 14.9 Å². The maximum Gasteiger partial charge on any atom is 0.269 e. The van der Waals surface area contributed by atoms with Crippen LogP contribution in [-0.2, 0) is 9.84 Å². The number of piperazine rings is 1. The van der Waals surface area contributed by atoms with Gasteiger partial charge >= 0.3 is 0 Å². The van der Waals surface area contributed by atoms with E-state index in [4.69, 9.17) is 0 Å². The molecule has 0 bridgehead atoms. The van der Waals surface area contributed by atoms with Crippen LogP contribution in [0, 0.1) is 10.1 Å². The van der Waals surface area contributed by atoms with E-state index in [1.807, 2.05) is 0 Å². The standard InChI is InChI=1S/C18H19N3O5S/c1-27(25,26)17-8-2-14(3-9-17)18(22)20-12-10-19(11-13-20)15-4-6-16(7-5-15)21(23)24/h2-9H,10-13H2,1H3. The molecule has 0 radical (unpaired) electrons. The number of hydrogen-bond acceptors (Lipinski definition) is 6. The summed E-state index contributed by atoms with van der Waals surface area (Å²) in [5.74, 6) is -0.140. The second-order valence-corrected chi connectivity index (χ2v) is 8.37. The normalized spacial score (nSPS) is 14.9. The van der Waals surface area contributed by atoms with Gasteiger partial charge in [0.2, 0.25) is 0 Å². The molecule has 0 unspecified atom stereocenters. The Bertz CT molecular complexity index is 947. The van der Waals surface area contributed by atoms with Gasteiger partial charge in [0.05, 0.1) is 9.82 Å². The molecule has 0 aliphatic carbocycles. The molecule has 0 atom stereocenters. The summed E-state index contributed by atoms with van der Waals surface area (Å²) in [5.41, 5.74) is 1.38. The Kier molecular flexibility index (Phi) is 5.13. The number of rotatable bonds is 4. The summed E-state index contributed by atoms with van der Waals surface area (Å²) in [4.78, 5) is 26.9. The summed E-state index contributed by atoms with van der Waals surface area (Å²) in [6.45, 7) is 2.27. The van der Waals surface area contributed by atoms with E-state index in [2.05, 4.69) is 4.90 Å². The highest BCUT2D eigenvalue weighted by Crippen LogP contribution is 2.21. The lowest BCUT2D eigenvalue weighted by molar-refractivity contribution is -0.384. The third kappa shape index (κ3) is 4.25. The van der Waals surface area contributed by atoms with Gasteiger partial charge in [0, 0.05) is 55.8 Å². The van der Waals surface area contributed by atoms with Gasteiger partial charge in [-0.15, -0.1) is 0 Å². The van der Waals surface area contributed by atoms with E-state index in [1.54, 1.807) is 17.0 Å². The Balaban J connectivity index is 1.63. The lowest BCUT2D eigenvalue weighted by Crippen LogP contribution is -2.48. The Morgan fingerprint density at radius 2 is 1.52 bits per heavy atom. The van der Waals surface area contributed by atoms with Crippen LogP contribution in [-0.4, -0.2) is 56.6 Å². The van der Waals surface area contributed by atoms with Gasteiger partial charge in [-0.2, -0.15) is 0 Å². The molecule has 1 aliphatic heterocycles. The minimum atomic E-state index is -3.29. The Labute approximate surface area is 157 Å². The van der Waals surface area contributed by atoms with Crippen molar-refractivity contribution in [2.24, 2.45) is 0 Å². The highest BCUT2D eigenvalue weighted by atomic mass is 32.2. The molecule has 9 heteroatoms. The minimum absolute atomic E-state index is 0.0464. The van der Waals surface area contributed by atoms with Crippen molar-refractivity contribution in [3.05, 3.63) is 64.2 Å². The summed E-state index contributed by atoms with van der Waals surface area (Å²) < 4.78 is 23.0. The van der Waals surface area contributed by atoms with E-state index in [9.17, 15) is 23.3 Å². The number of hydrogen-bond donors (Lipinski definition) is 0. The zero-order valence-electron chi connectivity index (χ0n) is 14.7. The fourth-order valence-corrected chi connectivity index (χ4v) is 3.61. The number of non-ortho nitro benzene ring substituents is 1. The Morgan fingerprint density at radius 3 is 2.00 bits per heavy atom. The van der Waals surface area contributed by atoms with Gasteiger partial charge in [-0.1, -0.05) is 0 Å². The molecule has 1 saturated heterocycles. The number of carbonyl (C=O) groups excluding carboxylic acids is 1. The molecular formula is C18H19N3O5S. The predicted molar refractivity (Wildman–Crippen MR) is 101 cm³/mol. The molecule has 3 rings (SSSR count). The van der Waals surface area contributed by atoms with Crippen molar-refractivity contribution in [3.8, 4) is 0 Å². The van der Waals surface area contributed by atoms with E-state index in [0.717, 1.165) is 11.9 Å². The zero-order valence-corrected chi connectivity index (χ0v) is 15.6. The van der Waals surface area contributed by atoms with Crippen LogP contribution >= 0.6 is 0 Å². The van der Waals surface area contributed by atoms with Crippen LogP contribution < -0.4 is 4.90 Å². The molecule has 1 heterocycles. The molecule has 27 heavy (non-hydrogen) atoms. The number of nitro groups is 1. The average molecular weight is 389 g/mol. The second-order valence-electron chi connectivity index (χ2n) is 6.35. The van der Waals surface area contributed by atoms with Crippen LogP contribution in [0.3, 0.4) is 0 Å². The summed E-state index contributed by atoms with van der Waals surface area (Å²) in [6.07, 6.45) is 1.13. The van der Waals surface area contributed by atoms with E-state index in [1.165, 1.54) is 36.4 Å². The number of benzene rings is 2. The van der Waals surface area contributed by atoms with Crippen LogP contribution in [0.5, 0.6) is 0 Å². The van der Waals surface area contributed by atoms with Crippen LogP contribution in [0.1, 0.15) is 10.4 Å². The average Bonchev–Trinajstić information content (AvgIpc) is 2.67. The molecule has 0 saturated carbocycles. The zero-order chi connectivity index (χ0) is 19.6. The van der Waals surface area contributed by atoms with Gasteiger partial charge in [-0.05, 0) is 36.4 Å². The molecule has 1 aliphatic rings. The molecule has 2 aromatic rings. The fourth-order valence-electron chi connectivity index (χ4n) is 2.98. The fraction of sp³-hybridized carbons (Fsp3) is 0.278. The molecule has 1 fully saturated rings. The first kappa shape index (κ1) is 18.8. The number of anilines is 1. The highest BCUT2D eigenvalue weighted by Gasteiger charge is 2.23. The smallest absolute Gasteiger partial charge is 0.269 e. The van der Waals surface area contributed by atoms with Gasteiger partial charge in [-0.25, -0.2) is 8.42 Å². The first-order valence-corrected chi connectivity index (χ1v) is 10.2. The second kappa shape index (κ2) is 7.36. The lowest BCUT2D eigenvalue weighted by atomic mass is 10.1. The number of amides is 1. The summed E-state index contributed by atoms with van der Waals surface area (Å²) >= 11 is 0. The Hall–Kier alpha value is -2.94. The number of nitro benzene ring substituents is 1. The first-order valence-electron chi connectivity index (χ1n) is 8.34. The Morgan fingerprint density at radius 1 is 0.963 bits per heavy atom. The third-order valence-electron chi connectivity index (χ3n) is 4.52. The van der Waals surface area contributed by atoms with E-state index in [-0.39, 0.29) is 16.5 Å². The van der Waals surface area contributed by atoms with Gasteiger partial charge in [0.25, 0.3) is 11.6 Å². The molecule has 0 spiro atoms. The first-order chi connectivity index (χ1) is 12.8. The number of sulfone groups is 1. The topological polar surface area (TPSA) is 101 Å². The van der Waals surface area contributed by atoms with E-state index >= 15 is 0 Å². The van der Waals surface area contributed by atoms with Crippen LogP contribution in [0.25, 0.3) is 0 Å².